The molecule has 0 radical (unpaired) electrons. The SMILES string of the molecule is Cn1ccnc1[C@@H]1OCCC[C@H]1C(=O)N(CCO)Cc1ccccc1. The normalized spacial score (nSPS) is 20.4. The van der Waals surface area contributed by atoms with Crippen molar-refractivity contribution in [2.24, 2.45) is 13.0 Å². The Bertz CT molecular complexity index is 686. The second-order valence-corrected chi connectivity index (χ2v) is 6.41. The van der Waals surface area contributed by atoms with Gasteiger partial charge in [-0.15, -0.1) is 0 Å². The highest BCUT2D eigenvalue weighted by atomic mass is 16.5. The molecule has 1 aliphatic heterocycles. The third-order valence-electron chi connectivity index (χ3n) is 4.65. The Balaban J connectivity index is 1.80. The second kappa shape index (κ2) is 8.27. The van der Waals surface area contributed by atoms with Crippen LogP contribution in [0.3, 0.4) is 0 Å². The van der Waals surface area contributed by atoms with Crippen LogP contribution in [0, 0.1) is 5.92 Å². The van der Waals surface area contributed by atoms with Crippen molar-refractivity contribution in [3.8, 4) is 0 Å². The third kappa shape index (κ3) is 4.08. The molecule has 2 atom stereocenters. The Morgan fingerprint density at radius 1 is 1.40 bits per heavy atom. The molecule has 1 fully saturated rings. The van der Waals surface area contributed by atoms with E-state index in [1.54, 1.807) is 11.1 Å². The molecule has 1 aromatic heterocycles. The van der Waals surface area contributed by atoms with Gasteiger partial charge in [0.05, 0.1) is 12.5 Å². The van der Waals surface area contributed by atoms with Crippen molar-refractivity contribution >= 4 is 5.91 Å². The maximum absolute atomic E-state index is 13.2. The maximum atomic E-state index is 13.2. The zero-order chi connectivity index (χ0) is 17.6. The Morgan fingerprint density at radius 3 is 2.88 bits per heavy atom. The number of hydrogen-bond acceptors (Lipinski definition) is 4. The molecule has 1 aliphatic rings. The van der Waals surface area contributed by atoms with Gasteiger partial charge in [0.25, 0.3) is 0 Å². The minimum atomic E-state index is -0.335. The maximum Gasteiger partial charge on any atom is 0.229 e. The fraction of sp³-hybridized carbons (Fsp3) is 0.474. The smallest absolute Gasteiger partial charge is 0.229 e. The summed E-state index contributed by atoms with van der Waals surface area (Å²) in [4.78, 5) is 19.3. The number of ether oxygens (including phenoxy) is 1. The van der Waals surface area contributed by atoms with E-state index in [-0.39, 0.29) is 24.5 Å². The monoisotopic (exact) mass is 343 g/mol. The Kier molecular flexibility index (Phi) is 5.83. The number of imidazole rings is 1. The van der Waals surface area contributed by atoms with Crippen LogP contribution in [0.5, 0.6) is 0 Å². The van der Waals surface area contributed by atoms with Crippen molar-refractivity contribution in [2.75, 3.05) is 19.8 Å². The molecule has 0 unspecified atom stereocenters. The topological polar surface area (TPSA) is 67.6 Å². The van der Waals surface area contributed by atoms with Crippen LogP contribution in [0.25, 0.3) is 0 Å². The van der Waals surface area contributed by atoms with Gasteiger partial charge in [-0.3, -0.25) is 4.79 Å². The van der Waals surface area contributed by atoms with Crippen molar-refractivity contribution in [3.05, 3.63) is 54.1 Å². The van der Waals surface area contributed by atoms with Crippen molar-refractivity contribution in [1.29, 1.82) is 0 Å². The van der Waals surface area contributed by atoms with Crippen LogP contribution < -0.4 is 0 Å². The first-order valence-corrected chi connectivity index (χ1v) is 8.73. The van der Waals surface area contributed by atoms with Gasteiger partial charge in [0.15, 0.2) is 0 Å². The van der Waals surface area contributed by atoms with Gasteiger partial charge < -0.3 is 19.3 Å². The summed E-state index contributed by atoms with van der Waals surface area (Å²) in [6.07, 6.45) is 4.88. The van der Waals surface area contributed by atoms with Crippen molar-refractivity contribution in [1.82, 2.24) is 14.5 Å². The van der Waals surface area contributed by atoms with Crippen LogP contribution in [0.1, 0.15) is 30.3 Å². The fourth-order valence-electron chi connectivity index (χ4n) is 3.37. The standard InChI is InChI=1S/C19H25N3O3/c1-21-10-9-20-18(21)17-16(8-5-13-25-17)19(24)22(11-12-23)14-15-6-3-2-4-7-15/h2-4,6-7,9-10,16-17,23H,5,8,11-14H2,1H3/t16-,17-/m1/s1. The Morgan fingerprint density at radius 2 is 2.20 bits per heavy atom. The van der Waals surface area contributed by atoms with Crippen LogP contribution in [-0.4, -0.2) is 45.2 Å². The van der Waals surface area contributed by atoms with Gasteiger partial charge in [0, 0.05) is 39.1 Å². The molecule has 0 bridgehead atoms. The lowest BCUT2D eigenvalue weighted by molar-refractivity contribution is -0.147. The fourth-order valence-corrected chi connectivity index (χ4v) is 3.37. The summed E-state index contributed by atoms with van der Waals surface area (Å²) in [5.41, 5.74) is 1.05. The number of aryl methyl sites for hydroxylation is 1. The highest BCUT2D eigenvalue weighted by Crippen LogP contribution is 2.34. The number of carbonyl (C=O) groups excluding carboxylic acids is 1. The predicted molar refractivity (Wildman–Crippen MR) is 93.6 cm³/mol. The van der Waals surface area contributed by atoms with E-state index in [1.807, 2.05) is 48.1 Å². The third-order valence-corrected chi connectivity index (χ3v) is 4.65. The molecular weight excluding hydrogens is 318 g/mol. The van der Waals surface area contributed by atoms with Crippen LogP contribution in [0.4, 0.5) is 0 Å². The summed E-state index contributed by atoms with van der Waals surface area (Å²) in [5.74, 6) is 0.525. The van der Waals surface area contributed by atoms with Gasteiger partial charge in [-0.1, -0.05) is 30.3 Å². The average molecular weight is 343 g/mol. The minimum Gasteiger partial charge on any atom is -0.395 e. The van der Waals surface area contributed by atoms with E-state index in [1.165, 1.54) is 0 Å². The second-order valence-electron chi connectivity index (χ2n) is 6.41. The zero-order valence-electron chi connectivity index (χ0n) is 14.5. The Labute approximate surface area is 148 Å². The summed E-state index contributed by atoms with van der Waals surface area (Å²) in [6, 6.07) is 9.85. The summed E-state index contributed by atoms with van der Waals surface area (Å²) in [7, 11) is 1.91. The number of nitrogens with zero attached hydrogens (tertiary/aromatic N) is 3. The molecule has 134 valence electrons. The molecule has 6 heteroatoms. The number of aliphatic hydroxyl groups excluding tert-OH is 1. The average Bonchev–Trinajstić information content (AvgIpc) is 3.07. The van der Waals surface area contributed by atoms with Crippen molar-refractivity contribution < 1.29 is 14.6 Å². The van der Waals surface area contributed by atoms with E-state index in [9.17, 15) is 9.90 Å². The summed E-state index contributed by atoms with van der Waals surface area (Å²) in [5, 5.41) is 9.41. The first-order chi connectivity index (χ1) is 12.2. The molecule has 2 aromatic rings. The van der Waals surface area contributed by atoms with Crippen molar-refractivity contribution in [3.63, 3.8) is 0 Å². The molecule has 1 N–H and O–H groups in total. The highest BCUT2D eigenvalue weighted by Gasteiger charge is 2.37. The zero-order valence-corrected chi connectivity index (χ0v) is 14.5. The first kappa shape index (κ1) is 17.6. The summed E-state index contributed by atoms with van der Waals surface area (Å²) >= 11 is 0. The quantitative estimate of drug-likeness (QED) is 0.870. The van der Waals surface area contributed by atoms with E-state index in [0.717, 1.165) is 24.2 Å². The van der Waals surface area contributed by atoms with Gasteiger partial charge in [-0.25, -0.2) is 4.98 Å². The molecule has 0 saturated carbocycles. The number of aromatic nitrogens is 2. The number of rotatable bonds is 6. The number of carbonyl (C=O) groups is 1. The molecule has 3 rings (SSSR count). The molecule has 1 aromatic carbocycles. The van der Waals surface area contributed by atoms with Crippen LogP contribution in [0.15, 0.2) is 42.7 Å². The molecule has 1 amide bonds. The minimum absolute atomic E-state index is 0.0191. The molecular formula is C19H25N3O3. The van der Waals surface area contributed by atoms with Gasteiger partial charge in [-0.2, -0.15) is 0 Å². The Hall–Kier alpha value is -2.18. The summed E-state index contributed by atoms with van der Waals surface area (Å²) in [6.45, 7) is 1.39. The molecule has 0 aliphatic carbocycles. The van der Waals surface area contributed by atoms with E-state index < -0.39 is 0 Å². The van der Waals surface area contributed by atoms with E-state index in [4.69, 9.17) is 4.74 Å². The highest BCUT2D eigenvalue weighted by molar-refractivity contribution is 5.79. The number of benzene rings is 1. The number of aliphatic hydroxyl groups is 1. The van der Waals surface area contributed by atoms with Crippen LogP contribution >= 0.6 is 0 Å². The predicted octanol–water partition coefficient (Wildman–Crippen LogP) is 1.91. The van der Waals surface area contributed by atoms with Gasteiger partial charge in [0.1, 0.15) is 11.9 Å². The molecule has 2 heterocycles. The molecule has 6 nitrogen and oxygen atoms in total. The molecule has 0 spiro atoms. The van der Waals surface area contributed by atoms with Crippen molar-refractivity contribution in [2.45, 2.75) is 25.5 Å². The van der Waals surface area contributed by atoms with E-state index in [0.29, 0.717) is 19.7 Å². The van der Waals surface area contributed by atoms with Gasteiger partial charge in [0.2, 0.25) is 5.91 Å². The largest absolute Gasteiger partial charge is 0.395 e. The lowest BCUT2D eigenvalue weighted by Gasteiger charge is -2.34. The van der Waals surface area contributed by atoms with Gasteiger partial charge >= 0.3 is 0 Å². The number of amides is 1. The summed E-state index contributed by atoms with van der Waals surface area (Å²) < 4.78 is 7.83. The first-order valence-electron chi connectivity index (χ1n) is 8.73. The van der Waals surface area contributed by atoms with E-state index in [2.05, 4.69) is 4.98 Å². The van der Waals surface area contributed by atoms with Crippen LogP contribution in [-0.2, 0) is 23.1 Å². The lowest BCUT2D eigenvalue weighted by Crippen LogP contribution is -2.42. The molecule has 25 heavy (non-hydrogen) atoms. The van der Waals surface area contributed by atoms with E-state index >= 15 is 0 Å². The van der Waals surface area contributed by atoms with Gasteiger partial charge in [-0.05, 0) is 18.4 Å². The number of hydrogen-bond donors (Lipinski definition) is 1. The van der Waals surface area contributed by atoms with Crippen LogP contribution in [0.2, 0.25) is 0 Å². The lowest BCUT2D eigenvalue weighted by atomic mass is 9.92. The molecule has 1 saturated heterocycles.